The molecule has 0 saturated heterocycles. The maximum atomic E-state index is 13.3. The number of aromatic nitrogens is 2. The second-order valence-corrected chi connectivity index (χ2v) is 10.7. The molecule has 10 nitrogen and oxygen atoms in total. The highest BCUT2D eigenvalue weighted by Gasteiger charge is 2.45. The molecule has 2 aromatic heterocycles. The van der Waals surface area contributed by atoms with Crippen molar-refractivity contribution in [1.82, 2.24) is 9.55 Å². The average Bonchev–Trinajstić information content (AvgIpc) is 3.22. The monoisotopic (exact) mass is 514 g/mol. The van der Waals surface area contributed by atoms with Gasteiger partial charge in [0.1, 0.15) is 12.4 Å². The molecule has 190 valence electrons. The largest absolute Gasteiger partial charge is 0.481 e. The van der Waals surface area contributed by atoms with Crippen molar-refractivity contribution < 1.29 is 33.0 Å². The van der Waals surface area contributed by atoms with Gasteiger partial charge in [-0.2, -0.15) is 0 Å². The lowest BCUT2D eigenvalue weighted by Crippen LogP contribution is -2.44. The summed E-state index contributed by atoms with van der Waals surface area (Å²) < 4.78 is 35.7. The molecule has 0 spiro atoms. The van der Waals surface area contributed by atoms with E-state index in [-0.39, 0.29) is 49.3 Å². The van der Waals surface area contributed by atoms with Crippen LogP contribution in [0.5, 0.6) is 5.75 Å². The minimum atomic E-state index is -3.36. The zero-order valence-corrected chi connectivity index (χ0v) is 21.2. The van der Waals surface area contributed by atoms with Gasteiger partial charge in [0.15, 0.2) is 11.9 Å². The fraction of sp³-hybridized carbons (Fsp3) is 0.400. The van der Waals surface area contributed by atoms with Crippen LogP contribution in [0.3, 0.4) is 0 Å². The van der Waals surface area contributed by atoms with Crippen molar-refractivity contribution in [1.29, 1.82) is 0 Å². The molecular weight excluding hydrogens is 487 g/mol. The van der Waals surface area contributed by atoms with Crippen molar-refractivity contribution in [3.63, 3.8) is 0 Å². The Labute approximate surface area is 207 Å². The molecule has 1 atom stereocenters. The molecule has 0 bridgehead atoms. The summed E-state index contributed by atoms with van der Waals surface area (Å²) in [6, 6.07) is 8.88. The molecule has 0 fully saturated rings. The number of cyclic esters (lactones) is 1. The average molecular weight is 514 g/mol. The molecule has 0 aliphatic carbocycles. The van der Waals surface area contributed by atoms with Crippen LogP contribution in [0.15, 0.2) is 35.1 Å². The van der Waals surface area contributed by atoms with Gasteiger partial charge < -0.3 is 28.2 Å². The van der Waals surface area contributed by atoms with E-state index in [2.05, 4.69) is 0 Å². The molecule has 0 amide bonds. The van der Waals surface area contributed by atoms with Gasteiger partial charge in [0.05, 0.1) is 42.2 Å². The van der Waals surface area contributed by atoms with E-state index in [1.54, 1.807) is 49.6 Å². The zero-order chi connectivity index (χ0) is 25.7. The van der Waals surface area contributed by atoms with Crippen LogP contribution in [0.4, 0.5) is 0 Å². The SMILES string of the molecule is CCOP(=O)(COc1ccc2nc3c(cc2c1)Cn1c-3cc2c(c1=O)COC(=O)[C@]2(O)CC)OCC. The van der Waals surface area contributed by atoms with Gasteiger partial charge in [-0.15, -0.1) is 0 Å². The van der Waals surface area contributed by atoms with Gasteiger partial charge in [0, 0.05) is 16.5 Å². The molecule has 3 aromatic rings. The van der Waals surface area contributed by atoms with Gasteiger partial charge in [-0.3, -0.25) is 9.36 Å². The van der Waals surface area contributed by atoms with Crippen LogP contribution >= 0.6 is 7.60 Å². The molecule has 0 unspecified atom stereocenters. The van der Waals surface area contributed by atoms with E-state index >= 15 is 0 Å². The van der Waals surface area contributed by atoms with E-state index in [4.69, 9.17) is 23.5 Å². The third kappa shape index (κ3) is 3.94. The minimum Gasteiger partial charge on any atom is -0.481 e. The Kier molecular flexibility index (Phi) is 6.24. The van der Waals surface area contributed by atoms with Crippen molar-refractivity contribution in [3.05, 3.63) is 57.4 Å². The van der Waals surface area contributed by atoms with Crippen LogP contribution in [0, 0.1) is 0 Å². The normalized spacial score (nSPS) is 18.5. The van der Waals surface area contributed by atoms with Crippen LogP contribution < -0.4 is 10.3 Å². The molecule has 36 heavy (non-hydrogen) atoms. The van der Waals surface area contributed by atoms with Crippen LogP contribution in [-0.4, -0.2) is 40.2 Å². The van der Waals surface area contributed by atoms with Crippen molar-refractivity contribution in [3.8, 4) is 17.1 Å². The number of carbonyl (C=O) groups excluding carboxylic acids is 1. The second kappa shape index (κ2) is 9.12. The van der Waals surface area contributed by atoms with Gasteiger partial charge in [0.2, 0.25) is 0 Å². The summed E-state index contributed by atoms with van der Waals surface area (Å²) in [5, 5.41) is 11.8. The van der Waals surface area contributed by atoms with Crippen LogP contribution in [0.1, 0.15) is 43.9 Å². The quantitative estimate of drug-likeness (QED) is 0.277. The maximum Gasteiger partial charge on any atom is 0.367 e. The fourth-order valence-electron chi connectivity index (χ4n) is 4.71. The molecule has 5 rings (SSSR count). The summed E-state index contributed by atoms with van der Waals surface area (Å²) in [4.78, 5) is 30.4. The molecule has 11 heteroatoms. The molecule has 2 aliphatic rings. The Hall–Kier alpha value is -3.04. The number of rotatable bonds is 8. The number of carbonyl (C=O) groups is 1. The molecule has 1 N–H and O–H groups in total. The first-order valence-electron chi connectivity index (χ1n) is 11.8. The van der Waals surface area contributed by atoms with E-state index in [1.165, 1.54) is 0 Å². The van der Waals surface area contributed by atoms with Crippen LogP contribution in [0.25, 0.3) is 22.3 Å². The van der Waals surface area contributed by atoms with Crippen molar-refractivity contribution in [2.75, 3.05) is 19.6 Å². The first-order valence-corrected chi connectivity index (χ1v) is 13.6. The number of nitrogens with zero attached hydrogens (tertiary/aromatic N) is 2. The molecule has 1 aromatic carbocycles. The topological polar surface area (TPSA) is 126 Å². The lowest BCUT2D eigenvalue weighted by molar-refractivity contribution is -0.172. The first-order chi connectivity index (χ1) is 17.2. The van der Waals surface area contributed by atoms with Gasteiger partial charge >= 0.3 is 13.6 Å². The minimum absolute atomic E-state index is 0.0854. The Morgan fingerprint density at radius 1 is 1.14 bits per heavy atom. The maximum absolute atomic E-state index is 13.3. The predicted octanol–water partition coefficient (Wildman–Crippen LogP) is 3.68. The summed E-state index contributed by atoms with van der Waals surface area (Å²) in [5.74, 6) is -0.270. The Bertz CT molecular complexity index is 1470. The van der Waals surface area contributed by atoms with E-state index in [0.29, 0.717) is 29.2 Å². The third-order valence-electron chi connectivity index (χ3n) is 6.52. The number of pyridine rings is 2. The molecule has 0 saturated carbocycles. The summed E-state index contributed by atoms with van der Waals surface area (Å²) in [7, 11) is -3.36. The Morgan fingerprint density at radius 3 is 2.58 bits per heavy atom. The van der Waals surface area contributed by atoms with E-state index < -0.39 is 19.2 Å². The summed E-state index contributed by atoms with van der Waals surface area (Å²) >= 11 is 0. The van der Waals surface area contributed by atoms with Gasteiger partial charge in [0.25, 0.3) is 5.56 Å². The highest BCUT2D eigenvalue weighted by atomic mass is 31.2. The summed E-state index contributed by atoms with van der Waals surface area (Å²) in [6.07, 6.45) is -0.131. The lowest BCUT2D eigenvalue weighted by atomic mass is 9.86. The number of benzene rings is 1. The van der Waals surface area contributed by atoms with E-state index in [0.717, 1.165) is 10.9 Å². The summed E-state index contributed by atoms with van der Waals surface area (Å²) in [5.41, 5.74) is 1.04. The van der Waals surface area contributed by atoms with E-state index in [1.807, 2.05) is 6.07 Å². The molecular formula is C25H27N2O8P. The lowest BCUT2D eigenvalue weighted by Gasteiger charge is -2.31. The smallest absolute Gasteiger partial charge is 0.367 e. The number of hydrogen-bond donors (Lipinski definition) is 1. The summed E-state index contributed by atoms with van der Waals surface area (Å²) in [6.45, 7) is 5.76. The fourth-order valence-corrected chi connectivity index (χ4v) is 6.03. The molecule has 0 radical (unpaired) electrons. The van der Waals surface area contributed by atoms with Crippen LogP contribution in [0.2, 0.25) is 0 Å². The van der Waals surface area contributed by atoms with Gasteiger partial charge in [-0.25, -0.2) is 9.78 Å². The van der Waals surface area contributed by atoms with Crippen molar-refractivity contribution in [2.24, 2.45) is 0 Å². The van der Waals surface area contributed by atoms with Crippen LogP contribution in [-0.2, 0) is 41.9 Å². The number of fused-ring (bicyclic) bond motifs is 5. The highest BCUT2D eigenvalue weighted by Crippen LogP contribution is 2.48. The third-order valence-corrected chi connectivity index (χ3v) is 8.27. The molecule has 2 aliphatic heterocycles. The van der Waals surface area contributed by atoms with Crippen molar-refractivity contribution >= 4 is 24.5 Å². The number of aliphatic hydroxyl groups is 1. The first kappa shape index (κ1) is 24.6. The van der Waals surface area contributed by atoms with Gasteiger partial charge in [-0.05, 0) is 50.6 Å². The van der Waals surface area contributed by atoms with E-state index in [9.17, 15) is 19.3 Å². The second-order valence-electron chi connectivity index (χ2n) is 8.67. The standard InChI is InChI=1S/C25H27N2O8P/c1-4-25(30)19-11-21-22-16(12-27(21)23(28)18(19)13-32-24(25)29)9-15-10-17(7-8-20(15)26-22)33-14-36(31,34-5-2)35-6-3/h7-11,30H,4-6,12-14H2,1-3H3/t25-/m0/s1. The van der Waals surface area contributed by atoms with Crippen molar-refractivity contribution in [2.45, 2.75) is 45.9 Å². The molecule has 4 heterocycles. The Balaban J connectivity index is 1.51. The Morgan fingerprint density at radius 2 is 1.89 bits per heavy atom. The zero-order valence-electron chi connectivity index (χ0n) is 20.3. The highest BCUT2D eigenvalue weighted by molar-refractivity contribution is 7.53. The number of esters is 1. The number of ether oxygens (including phenoxy) is 2. The van der Waals surface area contributed by atoms with Gasteiger partial charge in [-0.1, -0.05) is 6.92 Å². The number of hydrogen-bond acceptors (Lipinski definition) is 9. The predicted molar refractivity (Wildman–Crippen MR) is 131 cm³/mol.